The number of hydrogen-bond donors (Lipinski definition) is 1. The van der Waals surface area contributed by atoms with E-state index in [-0.39, 0.29) is 11.8 Å². The van der Waals surface area contributed by atoms with E-state index in [4.69, 9.17) is 0 Å². The van der Waals surface area contributed by atoms with Crippen LogP contribution >= 0.6 is 0 Å². The smallest absolute Gasteiger partial charge is 0.253 e. The van der Waals surface area contributed by atoms with Gasteiger partial charge in [-0.25, -0.2) is 9.67 Å². The standard InChI is InChI=1S/C23H29N5O2/c1-16(22(30)27-12-10-23(8-9-23)11-13-27)26-21(29)18-6-7-20(24-14-18)28-19-5-3-2-4-17(19)15-25-28/h6-7,14-16H,2-5,8-13H2,1H3,(H,26,29)/t16-/m0/s1. The van der Waals surface area contributed by atoms with E-state index in [1.807, 2.05) is 21.8 Å². The number of piperidine rings is 1. The fraction of sp³-hybridized carbons (Fsp3) is 0.565. The lowest BCUT2D eigenvalue weighted by atomic mass is 9.93. The maximum Gasteiger partial charge on any atom is 0.253 e. The van der Waals surface area contributed by atoms with Crippen molar-refractivity contribution in [2.24, 2.45) is 5.41 Å². The zero-order valence-electron chi connectivity index (χ0n) is 17.6. The minimum absolute atomic E-state index is 0.00611. The number of amides is 2. The fourth-order valence-electron chi connectivity index (χ4n) is 4.83. The second-order valence-electron chi connectivity index (χ2n) is 9.16. The first-order valence-electron chi connectivity index (χ1n) is 11.2. The van der Waals surface area contributed by atoms with Gasteiger partial charge in [0.2, 0.25) is 5.91 Å². The summed E-state index contributed by atoms with van der Waals surface area (Å²) in [5.74, 6) is 0.459. The van der Waals surface area contributed by atoms with Gasteiger partial charge in [0.15, 0.2) is 5.82 Å². The van der Waals surface area contributed by atoms with E-state index in [2.05, 4.69) is 15.4 Å². The molecule has 1 aliphatic heterocycles. The van der Waals surface area contributed by atoms with Crippen molar-refractivity contribution < 1.29 is 9.59 Å². The molecule has 1 spiro atoms. The SMILES string of the molecule is C[C@H](NC(=O)c1ccc(-n2ncc3c2CCCC3)nc1)C(=O)N1CCC2(CC1)CC2. The first kappa shape index (κ1) is 19.3. The van der Waals surface area contributed by atoms with E-state index in [1.54, 1.807) is 19.2 Å². The Bertz CT molecular complexity index is 950. The Balaban J connectivity index is 1.21. The lowest BCUT2D eigenvalue weighted by Gasteiger charge is -2.33. The molecule has 1 atom stereocenters. The third kappa shape index (κ3) is 3.61. The monoisotopic (exact) mass is 407 g/mol. The van der Waals surface area contributed by atoms with E-state index < -0.39 is 6.04 Å². The number of rotatable bonds is 4. The molecule has 158 valence electrons. The van der Waals surface area contributed by atoms with Crippen LogP contribution in [0.25, 0.3) is 5.82 Å². The number of nitrogens with one attached hydrogen (secondary N) is 1. The van der Waals surface area contributed by atoms with Gasteiger partial charge in [-0.2, -0.15) is 5.10 Å². The normalized spacial score (nSPS) is 20.5. The van der Waals surface area contributed by atoms with Gasteiger partial charge in [-0.15, -0.1) is 0 Å². The summed E-state index contributed by atoms with van der Waals surface area (Å²) in [4.78, 5) is 31.7. The van der Waals surface area contributed by atoms with Crippen molar-refractivity contribution in [3.63, 3.8) is 0 Å². The summed E-state index contributed by atoms with van der Waals surface area (Å²) in [5, 5.41) is 7.33. The van der Waals surface area contributed by atoms with E-state index in [9.17, 15) is 9.59 Å². The number of carbonyl (C=O) groups excluding carboxylic acids is 2. The number of hydrogen-bond acceptors (Lipinski definition) is 4. The number of pyridine rings is 1. The average Bonchev–Trinajstić information content (AvgIpc) is 3.39. The Morgan fingerprint density at radius 3 is 2.53 bits per heavy atom. The zero-order valence-corrected chi connectivity index (χ0v) is 17.6. The highest BCUT2D eigenvalue weighted by atomic mass is 16.2. The zero-order chi connectivity index (χ0) is 20.7. The van der Waals surface area contributed by atoms with Crippen molar-refractivity contribution in [3.8, 4) is 5.82 Å². The molecule has 2 aromatic rings. The Kier molecular flexibility index (Phi) is 4.83. The quantitative estimate of drug-likeness (QED) is 0.845. The maximum absolute atomic E-state index is 12.7. The number of carbonyl (C=O) groups is 2. The molecular formula is C23H29N5O2. The summed E-state index contributed by atoms with van der Waals surface area (Å²) in [6, 6.07) is 3.04. The number of fused-ring (bicyclic) bond motifs is 1. The molecule has 0 aromatic carbocycles. The number of aromatic nitrogens is 3. The van der Waals surface area contributed by atoms with Gasteiger partial charge in [0, 0.05) is 25.0 Å². The topological polar surface area (TPSA) is 80.1 Å². The fourth-order valence-corrected chi connectivity index (χ4v) is 4.83. The predicted octanol–water partition coefficient (Wildman–Crippen LogP) is 2.67. The van der Waals surface area contributed by atoms with Gasteiger partial charge in [0.05, 0.1) is 11.8 Å². The minimum atomic E-state index is -0.538. The Labute approximate surface area is 176 Å². The van der Waals surface area contributed by atoms with Crippen LogP contribution in [0.2, 0.25) is 0 Å². The lowest BCUT2D eigenvalue weighted by molar-refractivity contribution is -0.134. The molecule has 0 radical (unpaired) electrons. The lowest BCUT2D eigenvalue weighted by Crippen LogP contribution is -2.49. The highest BCUT2D eigenvalue weighted by Crippen LogP contribution is 2.53. The molecular weight excluding hydrogens is 378 g/mol. The van der Waals surface area contributed by atoms with Crippen LogP contribution in [0.15, 0.2) is 24.5 Å². The third-order valence-corrected chi connectivity index (χ3v) is 7.10. The Morgan fingerprint density at radius 2 is 1.83 bits per heavy atom. The molecule has 1 N–H and O–H groups in total. The number of likely N-dealkylation sites (tertiary alicyclic amines) is 1. The van der Waals surface area contributed by atoms with E-state index in [0.717, 1.165) is 44.6 Å². The first-order valence-corrected chi connectivity index (χ1v) is 11.2. The summed E-state index contributed by atoms with van der Waals surface area (Å²) < 4.78 is 1.88. The first-order chi connectivity index (χ1) is 14.5. The molecule has 0 bridgehead atoms. The van der Waals surface area contributed by atoms with Gasteiger partial charge >= 0.3 is 0 Å². The molecule has 7 heteroatoms. The van der Waals surface area contributed by atoms with Crippen LogP contribution in [-0.4, -0.2) is 50.6 Å². The van der Waals surface area contributed by atoms with Crippen LogP contribution < -0.4 is 5.32 Å². The van der Waals surface area contributed by atoms with Crippen LogP contribution in [0.4, 0.5) is 0 Å². The van der Waals surface area contributed by atoms with Gasteiger partial charge in [0.25, 0.3) is 5.91 Å². The molecule has 3 heterocycles. The van der Waals surface area contributed by atoms with E-state index >= 15 is 0 Å². The Morgan fingerprint density at radius 1 is 1.07 bits per heavy atom. The summed E-state index contributed by atoms with van der Waals surface area (Å²) in [5.41, 5.74) is 3.50. The minimum Gasteiger partial charge on any atom is -0.341 e. The Hall–Kier alpha value is -2.70. The van der Waals surface area contributed by atoms with Crippen molar-refractivity contribution in [1.82, 2.24) is 25.0 Å². The van der Waals surface area contributed by atoms with Crippen LogP contribution in [0.5, 0.6) is 0 Å². The molecule has 1 saturated carbocycles. The van der Waals surface area contributed by atoms with Crippen molar-refractivity contribution in [2.45, 2.75) is 64.3 Å². The highest BCUT2D eigenvalue weighted by Gasteiger charge is 2.45. The third-order valence-electron chi connectivity index (χ3n) is 7.10. The molecule has 30 heavy (non-hydrogen) atoms. The number of nitrogens with zero attached hydrogens (tertiary/aromatic N) is 4. The predicted molar refractivity (Wildman–Crippen MR) is 112 cm³/mol. The van der Waals surface area contributed by atoms with Crippen LogP contribution in [0, 0.1) is 5.41 Å². The van der Waals surface area contributed by atoms with Crippen molar-refractivity contribution in [1.29, 1.82) is 0 Å². The molecule has 2 amide bonds. The highest BCUT2D eigenvalue weighted by molar-refractivity contribution is 5.97. The average molecular weight is 408 g/mol. The van der Waals surface area contributed by atoms with E-state index in [0.29, 0.717) is 11.0 Å². The molecule has 5 rings (SSSR count). The largest absolute Gasteiger partial charge is 0.341 e. The number of aryl methyl sites for hydroxylation is 1. The van der Waals surface area contributed by atoms with Crippen LogP contribution in [0.3, 0.4) is 0 Å². The maximum atomic E-state index is 12.7. The summed E-state index contributed by atoms with van der Waals surface area (Å²) >= 11 is 0. The van der Waals surface area contributed by atoms with Crippen LogP contribution in [-0.2, 0) is 17.6 Å². The van der Waals surface area contributed by atoms with Gasteiger partial charge in [-0.05, 0) is 81.4 Å². The molecule has 3 aliphatic rings. The molecule has 2 aliphatic carbocycles. The molecule has 0 unspecified atom stereocenters. The van der Waals surface area contributed by atoms with Crippen molar-refractivity contribution in [2.75, 3.05) is 13.1 Å². The van der Waals surface area contributed by atoms with Gasteiger partial charge in [0.1, 0.15) is 6.04 Å². The van der Waals surface area contributed by atoms with E-state index in [1.165, 1.54) is 36.9 Å². The van der Waals surface area contributed by atoms with Crippen LogP contribution in [0.1, 0.15) is 67.1 Å². The van der Waals surface area contributed by atoms with Crippen molar-refractivity contribution >= 4 is 11.8 Å². The molecule has 2 aromatic heterocycles. The summed E-state index contributed by atoms with van der Waals surface area (Å²) in [6.45, 7) is 3.38. The molecule has 7 nitrogen and oxygen atoms in total. The second-order valence-corrected chi connectivity index (χ2v) is 9.16. The van der Waals surface area contributed by atoms with Gasteiger partial charge < -0.3 is 10.2 Å². The van der Waals surface area contributed by atoms with Gasteiger partial charge in [-0.3, -0.25) is 9.59 Å². The van der Waals surface area contributed by atoms with Crippen molar-refractivity contribution in [3.05, 3.63) is 41.3 Å². The summed E-state index contributed by atoms with van der Waals surface area (Å²) in [6.07, 6.45) is 12.8. The van der Waals surface area contributed by atoms with Gasteiger partial charge in [-0.1, -0.05) is 0 Å². The summed E-state index contributed by atoms with van der Waals surface area (Å²) in [7, 11) is 0. The molecule has 1 saturated heterocycles. The molecule has 2 fully saturated rings. The second kappa shape index (κ2) is 7.52.